The van der Waals surface area contributed by atoms with E-state index in [0.717, 1.165) is 0 Å². The first kappa shape index (κ1) is 25.3. The highest BCUT2D eigenvalue weighted by Crippen LogP contribution is 2.51. The molecule has 0 aliphatic heterocycles. The summed E-state index contributed by atoms with van der Waals surface area (Å²) in [5.41, 5.74) is 0. The molecule has 26 heavy (non-hydrogen) atoms. The average Bonchev–Trinajstić information content (AvgIpc) is 2.64. The van der Waals surface area contributed by atoms with E-state index in [1.807, 2.05) is 0 Å². The largest absolute Gasteiger partial charge is 0.464 e. The Bertz CT molecular complexity index is 484. The maximum Gasteiger partial charge on any atom is 0.339 e. The van der Waals surface area contributed by atoms with E-state index in [2.05, 4.69) is 0 Å². The Morgan fingerprint density at radius 3 is 1.12 bits per heavy atom. The van der Waals surface area contributed by atoms with Crippen molar-refractivity contribution in [2.75, 3.05) is 37.9 Å². The van der Waals surface area contributed by atoms with Crippen molar-refractivity contribution in [2.24, 2.45) is 0 Å². The third kappa shape index (κ3) is 7.51. The maximum absolute atomic E-state index is 12.8. The fourth-order valence-electron chi connectivity index (χ4n) is 2.05. The topological polar surface area (TPSA) is 105 Å². The molecule has 0 spiro atoms. The zero-order valence-electron chi connectivity index (χ0n) is 16.6. The average molecular weight is 414 g/mol. The second kappa shape index (κ2) is 11.9. The van der Waals surface area contributed by atoms with Crippen LogP contribution in [0.5, 0.6) is 0 Å². The van der Waals surface area contributed by atoms with Gasteiger partial charge in [-0.05, 0) is 13.8 Å². The lowest BCUT2D eigenvalue weighted by Crippen LogP contribution is -2.45. The molecule has 0 bridgehead atoms. The van der Waals surface area contributed by atoms with E-state index in [1.165, 1.54) is 0 Å². The number of carbonyl (C=O) groups is 2. The van der Waals surface area contributed by atoms with E-state index in [0.29, 0.717) is 0 Å². The third-order valence-corrected chi connectivity index (χ3v) is 8.93. The zero-order valence-corrected chi connectivity index (χ0v) is 18.3. The van der Waals surface area contributed by atoms with E-state index in [1.54, 1.807) is 41.5 Å². The van der Waals surface area contributed by atoms with Gasteiger partial charge in [0.15, 0.2) is 12.2 Å². The number of hydrogen-bond donors (Lipinski definition) is 0. The van der Waals surface area contributed by atoms with E-state index in [4.69, 9.17) is 18.5 Å². The molecule has 0 N–H and O–H groups in total. The quantitative estimate of drug-likeness (QED) is 0.333. The van der Waals surface area contributed by atoms with Gasteiger partial charge in [0.1, 0.15) is 0 Å². The molecule has 0 fully saturated rings. The van der Waals surface area contributed by atoms with E-state index >= 15 is 0 Å². The normalized spacial score (nSPS) is 14.5. The lowest BCUT2D eigenvalue weighted by atomic mass is 10.2. The lowest BCUT2D eigenvalue weighted by Gasteiger charge is -2.29. The molecule has 0 saturated carbocycles. The fourth-order valence-corrected chi connectivity index (χ4v) is 4.76. The highest BCUT2D eigenvalue weighted by molar-refractivity contribution is 7.59. The molecule has 10 heteroatoms. The number of rotatable bonds is 13. The summed E-state index contributed by atoms with van der Waals surface area (Å²) in [7, 11) is -6.38. The summed E-state index contributed by atoms with van der Waals surface area (Å²) in [6.07, 6.45) is -2.51. The van der Waals surface area contributed by atoms with Gasteiger partial charge in [-0.2, -0.15) is 0 Å². The van der Waals surface area contributed by atoms with Crippen LogP contribution in [0.4, 0.5) is 0 Å². The molecule has 2 atom stereocenters. The Kier molecular flexibility index (Phi) is 11.6. The molecule has 0 aromatic rings. The van der Waals surface area contributed by atoms with Crippen molar-refractivity contribution in [3.8, 4) is 0 Å². The summed E-state index contributed by atoms with van der Waals surface area (Å²) >= 11 is 0. The van der Waals surface area contributed by atoms with Crippen LogP contribution in [0.1, 0.15) is 41.5 Å². The summed E-state index contributed by atoms with van der Waals surface area (Å²) in [6, 6.07) is 0. The van der Waals surface area contributed by atoms with Crippen LogP contribution in [0, 0.1) is 0 Å². The molecule has 0 unspecified atom stereocenters. The van der Waals surface area contributed by atoms with Crippen molar-refractivity contribution < 1.29 is 37.2 Å². The first-order valence-electron chi connectivity index (χ1n) is 9.01. The van der Waals surface area contributed by atoms with Gasteiger partial charge >= 0.3 is 11.9 Å². The van der Waals surface area contributed by atoms with Crippen LogP contribution in [0.15, 0.2) is 0 Å². The van der Waals surface area contributed by atoms with Crippen molar-refractivity contribution in [3.05, 3.63) is 0 Å². The molecular formula is C16H32O8P2. The smallest absolute Gasteiger partial charge is 0.339 e. The van der Waals surface area contributed by atoms with Gasteiger partial charge in [-0.1, -0.05) is 27.7 Å². The second-order valence-electron chi connectivity index (χ2n) is 5.45. The molecule has 0 saturated heterocycles. The summed E-state index contributed by atoms with van der Waals surface area (Å²) in [5.74, 6) is -1.79. The van der Waals surface area contributed by atoms with Gasteiger partial charge in [0.2, 0.25) is 14.7 Å². The molecule has 0 aliphatic carbocycles. The molecule has 0 radical (unpaired) electrons. The molecule has 8 nitrogen and oxygen atoms in total. The molecule has 0 rings (SSSR count). The van der Waals surface area contributed by atoms with E-state index < -0.39 is 38.9 Å². The molecular weight excluding hydrogens is 382 g/mol. The van der Waals surface area contributed by atoms with E-state index in [9.17, 15) is 18.7 Å². The second-order valence-corrected chi connectivity index (χ2v) is 11.7. The predicted molar refractivity (Wildman–Crippen MR) is 100 cm³/mol. The summed E-state index contributed by atoms with van der Waals surface area (Å²) in [6.45, 7) is 9.91. The van der Waals surface area contributed by atoms with Gasteiger partial charge in [0.05, 0.1) is 13.2 Å². The molecule has 0 amide bonds. The van der Waals surface area contributed by atoms with Crippen LogP contribution >= 0.6 is 14.7 Å². The van der Waals surface area contributed by atoms with Crippen LogP contribution in [0.2, 0.25) is 0 Å². The van der Waals surface area contributed by atoms with Crippen LogP contribution in [0.3, 0.4) is 0 Å². The minimum atomic E-state index is -3.19. The first-order chi connectivity index (χ1) is 12.2. The summed E-state index contributed by atoms with van der Waals surface area (Å²) in [5, 5.41) is 0. The number of esters is 2. The predicted octanol–water partition coefficient (Wildman–Crippen LogP) is 3.52. The zero-order chi connectivity index (χ0) is 20.4. The SMILES string of the molecule is CCOC(=O)[C@H](OP(=O)(CC)CC)[C@@H](OP(=O)(CC)CC)C(=O)OCC. The molecule has 0 aliphatic rings. The van der Waals surface area contributed by atoms with Crippen LogP contribution in [-0.2, 0) is 37.2 Å². The van der Waals surface area contributed by atoms with Gasteiger partial charge < -0.3 is 18.5 Å². The Morgan fingerprint density at radius 2 is 0.923 bits per heavy atom. The number of ether oxygens (including phenoxy) is 2. The van der Waals surface area contributed by atoms with Crippen molar-refractivity contribution >= 4 is 26.7 Å². The Balaban J connectivity index is 5.97. The summed E-state index contributed by atoms with van der Waals surface area (Å²) in [4.78, 5) is 24.8. The fraction of sp³-hybridized carbons (Fsp3) is 0.875. The van der Waals surface area contributed by atoms with Crippen molar-refractivity contribution in [1.29, 1.82) is 0 Å². The van der Waals surface area contributed by atoms with Gasteiger partial charge in [-0.15, -0.1) is 0 Å². The monoisotopic (exact) mass is 414 g/mol. The maximum atomic E-state index is 12.8. The summed E-state index contributed by atoms with van der Waals surface area (Å²) < 4.78 is 46.5. The Hall–Kier alpha value is -0.680. The highest BCUT2D eigenvalue weighted by Gasteiger charge is 2.44. The van der Waals surface area contributed by atoms with Gasteiger partial charge in [-0.3, -0.25) is 9.13 Å². The van der Waals surface area contributed by atoms with E-state index in [-0.39, 0.29) is 37.9 Å². The van der Waals surface area contributed by atoms with Gasteiger partial charge in [-0.25, -0.2) is 9.59 Å². The van der Waals surface area contributed by atoms with Crippen molar-refractivity contribution in [1.82, 2.24) is 0 Å². The van der Waals surface area contributed by atoms with Crippen LogP contribution in [0.25, 0.3) is 0 Å². The Labute approximate surface area is 156 Å². The van der Waals surface area contributed by atoms with Crippen LogP contribution < -0.4 is 0 Å². The standard InChI is InChI=1S/C16H32O8P2/c1-7-21-15(17)13(23-25(19,9-3)10-4)14(16(18)22-8-2)24-26(20,11-5)12-6/h13-14H,7-12H2,1-6H3/t13-,14-/m1/s1. The third-order valence-electron chi connectivity index (χ3n) is 3.85. The molecule has 0 heterocycles. The first-order valence-corrected chi connectivity index (χ1v) is 13.0. The van der Waals surface area contributed by atoms with Gasteiger partial charge in [0.25, 0.3) is 0 Å². The number of hydrogen-bond acceptors (Lipinski definition) is 8. The number of carbonyl (C=O) groups excluding carboxylic acids is 2. The molecule has 154 valence electrons. The lowest BCUT2D eigenvalue weighted by molar-refractivity contribution is -0.168. The van der Waals surface area contributed by atoms with Crippen molar-refractivity contribution in [2.45, 2.75) is 53.8 Å². The molecule has 0 aromatic heterocycles. The minimum Gasteiger partial charge on any atom is -0.464 e. The highest BCUT2D eigenvalue weighted by atomic mass is 31.2. The van der Waals surface area contributed by atoms with Gasteiger partial charge in [0, 0.05) is 24.6 Å². The Morgan fingerprint density at radius 1 is 0.654 bits per heavy atom. The van der Waals surface area contributed by atoms with Crippen LogP contribution in [-0.4, -0.2) is 62.0 Å². The van der Waals surface area contributed by atoms with Crippen molar-refractivity contribution in [3.63, 3.8) is 0 Å². The minimum absolute atomic E-state index is 0.0377. The molecule has 0 aromatic carbocycles.